The van der Waals surface area contributed by atoms with Crippen molar-refractivity contribution in [2.24, 2.45) is 5.41 Å². The second kappa shape index (κ2) is 5.74. The summed E-state index contributed by atoms with van der Waals surface area (Å²) in [7, 11) is 0. The Morgan fingerprint density at radius 1 is 1.39 bits per heavy atom. The SMILES string of the molecule is CCn1nc(C)c(Br)c1CNCC1(C)CCCC1. The molecule has 1 aliphatic rings. The van der Waals surface area contributed by atoms with E-state index in [1.54, 1.807) is 0 Å². The maximum Gasteiger partial charge on any atom is 0.0739 e. The summed E-state index contributed by atoms with van der Waals surface area (Å²) in [6, 6.07) is 0. The number of aromatic nitrogens is 2. The lowest BCUT2D eigenvalue weighted by Crippen LogP contribution is -2.30. The van der Waals surface area contributed by atoms with Crippen LogP contribution < -0.4 is 5.32 Å². The molecule has 1 fully saturated rings. The molecule has 0 aliphatic heterocycles. The van der Waals surface area contributed by atoms with Gasteiger partial charge in [0.2, 0.25) is 0 Å². The van der Waals surface area contributed by atoms with Gasteiger partial charge >= 0.3 is 0 Å². The standard InChI is InChI=1S/C14H24BrN3/c1-4-18-12(13(15)11(2)17-18)9-16-10-14(3)7-5-6-8-14/h16H,4-10H2,1-3H3. The summed E-state index contributed by atoms with van der Waals surface area (Å²) in [5.41, 5.74) is 2.87. The normalized spacial score (nSPS) is 18.4. The Morgan fingerprint density at radius 2 is 2.06 bits per heavy atom. The van der Waals surface area contributed by atoms with Crippen LogP contribution in [0.15, 0.2) is 4.47 Å². The van der Waals surface area contributed by atoms with Gasteiger partial charge in [0.25, 0.3) is 0 Å². The summed E-state index contributed by atoms with van der Waals surface area (Å²) in [6.45, 7) is 9.56. The van der Waals surface area contributed by atoms with E-state index in [0.29, 0.717) is 5.41 Å². The Labute approximate surface area is 118 Å². The van der Waals surface area contributed by atoms with Crippen LogP contribution in [0.4, 0.5) is 0 Å². The predicted molar refractivity (Wildman–Crippen MR) is 78.6 cm³/mol. The van der Waals surface area contributed by atoms with E-state index in [1.807, 2.05) is 0 Å². The van der Waals surface area contributed by atoms with Crippen LogP contribution >= 0.6 is 15.9 Å². The van der Waals surface area contributed by atoms with E-state index < -0.39 is 0 Å². The molecule has 1 N–H and O–H groups in total. The molecular weight excluding hydrogens is 290 g/mol. The second-order valence-electron chi connectivity index (χ2n) is 5.78. The molecule has 2 rings (SSSR count). The van der Waals surface area contributed by atoms with E-state index in [2.05, 4.69) is 51.8 Å². The van der Waals surface area contributed by atoms with Gasteiger partial charge in [-0.2, -0.15) is 5.10 Å². The number of nitrogens with one attached hydrogen (secondary N) is 1. The van der Waals surface area contributed by atoms with E-state index >= 15 is 0 Å². The van der Waals surface area contributed by atoms with Crippen LogP contribution in [0.25, 0.3) is 0 Å². The fourth-order valence-electron chi connectivity index (χ4n) is 2.93. The Kier molecular flexibility index (Phi) is 4.49. The molecule has 4 heteroatoms. The molecule has 0 spiro atoms. The molecule has 1 aromatic rings. The Balaban J connectivity index is 1.93. The van der Waals surface area contributed by atoms with E-state index in [-0.39, 0.29) is 0 Å². The third kappa shape index (κ3) is 2.97. The largest absolute Gasteiger partial charge is 0.311 e. The minimum Gasteiger partial charge on any atom is -0.311 e. The third-order valence-corrected chi connectivity index (χ3v) is 5.14. The smallest absolute Gasteiger partial charge is 0.0739 e. The molecule has 102 valence electrons. The molecule has 0 amide bonds. The van der Waals surface area contributed by atoms with Gasteiger partial charge in [-0.15, -0.1) is 0 Å². The quantitative estimate of drug-likeness (QED) is 0.899. The third-order valence-electron chi connectivity index (χ3n) is 4.11. The average molecular weight is 314 g/mol. The average Bonchev–Trinajstić information content (AvgIpc) is 2.88. The van der Waals surface area contributed by atoms with Gasteiger partial charge < -0.3 is 5.32 Å². The van der Waals surface area contributed by atoms with Crippen molar-refractivity contribution in [3.8, 4) is 0 Å². The molecule has 0 radical (unpaired) electrons. The monoisotopic (exact) mass is 313 g/mol. The van der Waals surface area contributed by atoms with Gasteiger partial charge in [-0.25, -0.2) is 0 Å². The summed E-state index contributed by atoms with van der Waals surface area (Å²) >= 11 is 3.65. The Morgan fingerprint density at radius 3 is 2.67 bits per heavy atom. The first-order valence-electron chi connectivity index (χ1n) is 6.98. The number of rotatable bonds is 5. The van der Waals surface area contributed by atoms with Gasteiger partial charge in [-0.05, 0) is 48.0 Å². The summed E-state index contributed by atoms with van der Waals surface area (Å²) in [5, 5.41) is 8.15. The Bertz CT molecular complexity index is 405. The van der Waals surface area contributed by atoms with E-state index in [4.69, 9.17) is 0 Å². The molecule has 1 heterocycles. The lowest BCUT2D eigenvalue weighted by molar-refractivity contribution is 0.312. The topological polar surface area (TPSA) is 29.9 Å². The number of nitrogens with zero attached hydrogens (tertiary/aromatic N) is 2. The molecule has 0 atom stereocenters. The number of halogens is 1. The zero-order valence-electron chi connectivity index (χ0n) is 11.7. The van der Waals surface area contributed by atoms with Crippen LogP contribution in [0, 0.1) is 12.3 Å². The van der Waals surface area contributed by atoms with Crippen molar-refractivity contribution in [1.82, 2.24) is 15.1 Å². The molecule has 18 heavy (non-hydrogen) atoms. The highest BCUT2D eigenvalue weighted by Gasteiger charge is 2.28. The molecule has 1 aliphatic carbocycles. The number of hydrogen-bond acceptors (Lipinski definition) is 2. The minimum absolute atomic E-state index is 0.512. The first kappa shape index (κ1) is 14.1. The predicted octanol–water partition coefficient (Wildman–Crippen LogP) is 3.64. The summed E-state index contributed by atoms with van der Waals surface area (Å²) < 4.78 is 3.25. The molecule has 0 unspecified atom stereocenters. The van der Waals surface area contributed by atoms with Gasteiger partial charge in [0.1, 0.15) is 0 Å². The van der Waals surface area contributed by atoms with Crippen LogP contribution in [0.3, 0.4) is 0 Å². The highest BCUT2D eigenvalue weighted by atomic mass is 79.9. The van der Waals surface area contributed by atoms with Crippen molar-refractivity contribution in [2.75, 3.05) is 6.54 Å². The maximum atomic E-state index is 4.53. The highest BCUT2D eigenvalue weighted by Crippen LogP contribution is 2.36. The van der Waals surface area contributed by atoms with Gasteiger partial charge in [-0.3, -0.25) is 4.68 Å². The lowest BCUT2D eigenvalue weighted by Gasteiger charge is -2.24. The van der Waals surface area contributed by atoms with Crippen molar-refractivity contribution in [2.45, 2.75) is 59.5 Å². The van der Waals surface area contributed by atoms with Crippen LogP contribution in [0.1, 0.15) is 50.9 Å². The van der Waals surface area contributed by atoms with E-state index in [1.165, 1.54) is 31.4 Å². The molecule has 0 bridgehead atoms. The van der Waals surface area contributed by atoms with Crippen LogP contribution in [0.2, 0.25) is 0 Å². The molecule has 1 saturated carbocycles. The van der Waals surface area contributed by atoms with E-state index in [0.717, 1.165) is 29.8 Å². The van der Waals surface area contributed by atoms with Crippen LogP contribution in [-0.4, -0.2) is 16.3 Å². The lowest BCUT2D eigenvalue weighted by atomic mass is 9.89. The molecule has 1 aromatic heterocycles. The van der Waals surface area contributed by atoms with Crippen LogP contribution in [0.5, 0.6) is 0 Å². The van der Waals surface area contributed by atoms with E-state index in [9.17, 15) is 0 Å². The van der Waals surface area contributed by atoms with Crippen molar-refractivity contribution < 1.29 is 0 Å². The van der Waals surface area contributed by atoms with Crippen molar-refractivity contribution in [3.05, 3.63) is 15.9 Å². The highest BCUT2D eigenvalue weighted by molar-refractivity contribution is 9.10. The van der Waals surface area contributed by atoms with Crippen molar-refractivity contribution in [1.29, 1.82) is 0 Å². The van der Waals surface area contributed by atoms with Gasteiger partial charge in [0.15, 0.2) is 0 Å². The van der Waals surface area contributed by atoms with Gasteiger partial charge in [0, 0.05) is 19.6 Å². The molecule has 0 saturated heterocycles. The summed E-state index contributed by atoms with van der Waals surface area (Å²) in [4.78, 5) is 0. The first-order chi connectivity index (χ1) is 8.56. The summed E-state index contributed by atoms with van der Waals surface area (Å²) in [6.07, 6.45) is 5.53. The Hall–Kier alpha value is -0.350. The number of hydrogen-bond donors (Lipinski definition) is 1. The minimum atomic E-state index is 0.512. The molecule has 3 nitrogen and oxygen atoms in total. The molecular formula is C14H24BrN3. The van der Waals surface area contributed by atoms with Crippen molar-refractivity contribution in [3.63, 3.8) is 0 Å². The zero-order valence-corrected chi connectivity index (χ0v) is 13.3. The number of aryl methyl sites for hydroxylation is 2. The first-order valence-corrected chi connectivity index (χ1v) is 7.77. The fraction of sp³-hybridized carbons (Fsp3) is 0.786. The second-order valence-corrected chi connectivity index (χ2v) is 6.58. The molecule has 0 aromatic carbocycles. The zero-order chi connectivity index (χ0) is 13.2. The fourth-order valence-corrected chi connectivity index (χ4v) is 3.35. The summed E-state index contributed by atoms with van der Waals surface area (Å²) in [5.74, 6) is 0. The van der Waals surface area contributed by atoms with Crippen LogP contribution in [-0.2, 0) is 13.1 Å². The maximum absolute atomic E-state index is 4.53. The van der Waals surface area contributed by atoms with Gasteiger partial charge in [0.05, 0.1) is 15.9 Å². The van der Waals surface area contributed by atoms with Crippen molar-refractivity contribution >= 4 is 15.9 Å². The van der Waals surface area contributed by atoms with Gasteiger partial charge in [-0.1, -0.05) is 19.8 Å².